The van der Waals surface area contributed by atoms with E-state index >= 15 is 0 Å². The van der Waals surface area contributed by atoms with E-state index in [9.17, 15) is 0 Å². The van der Waals surface area contributed by atoms with Gasteiger partial charge in [0.15, 0.2) is 0 Å². The molecule has 0 aromatic rings. The van der Waals surface area contributed by atoms with Gasteiger partial charge >= 0.3 is 0 Å². The van der Waals surface area contributed by atoms with Crippen molar-refractivity contribution in [2.75, 3.05) is 7.05 Å². The lowest BCUT2D eigenvalue weighted by atomic mass is 10.3. The summed E-state index contributed by atoms with van der Waals surface area (Å²) >= 11 is 0. The lowest BCUT2D eigenvalue weighted by Crippen LogP contribution is -2.00. The lowest BCUT2D eigenvalue weighted by molar-refractivity contribution is 0.156. The van der Waals surface area contributed by atoms with Crippen molar-refractivity contribution in [2.24, 2.45) is 0 Å². The Labute approximate surface area is 50.5 Å². The minimum absolute atomic E-state index is 1.04. The highest BCUT2D eigenvalue weighted by Gasteiger charge is 1.79. The molecule has 0 saturated carbocycles. The fourth-order valence-corrected chi connectivity index (χ4v) is 0.243. The molecule has 0 aromatic carbocycles. The average molecular weight is 115 g/mol. The fourth-order valence-electron chi connectivity index (χ4n) is 0.243. The van der Waals surface area contributed by atoms with E-state index < -0.39 is 0 Å². The molecule has 0 atom stereocenters. The van der Waals surface area contributed by atoms with Crippen LogP contribution in [0.15, 0.2) is 11.8 Å². The summed E-state index contributed by atoms with van der Waals surface area (Å²) in [5.74, 6) is 0. The van der Waals surface area contributed by atoms with Crippen molar-refractivity contribution in [1.29, 1.82) is 0 Å². The molecule has 0 bridgehead atoms. The highest BCUT2D eigenvalue weighted by molar-refractivity contribution is 4.90. The third-order valence-electron chi connectivity index (χ3n) is 0.936. The Hall–Kier alpha value is -0.500. The number of hydrogen-bond acceptors (Lipinski definition) is 2. The summed E-state index contributed by atoms with van der Waals surface area (Å²) < 4.78 is 0. The molecule has 0 radical (unpaired) electrons. The first-order valence-electron chi connectivity index (χ1n) is 2.79. The van der Waals surface area contributed by atoms with E-state index in [2.05, 4.69) is 12.4 Å². The minimum Gasteiger partial charge on any atom is -0.417 e. The summed E-state index contributed by atoms with van der Waals surface area (Å²) in [6.07, 6.45) is 2.75. The topological polar surface area (TPSA) is 21.3 Å². The van der Waals surface area contributed by atoms with Crippen molar-refractivity contribution < 1.29 is 4.84 Å². The van der Waals surface area contributed by atoms with Gasteiger partial charge in [-0.2, -0.15) is 5.48 Å². The summed E-state index contributed by atoms with van der Waals surface area (Å²) in [5.41, 5.74) is 3.79. The number of nitrogens with one attached hydrogen (secondary N) is 1. The molecule has 0 spiro atoms. The summed E-state index contributed by atoms with van der Waals surface area (Å²) in [6.45, 7) is 4.11. The van der Waals surface area contributed by atoms with E-state index in [4.69, 9.17) is 4.84 Å². The zero-order chi connectivity index (χ0) is 6.41. The molecule has 0 aliphatic heterocycles. The van der Waals surface area contributed by atoms with Gasteiger partial charge in [-0.05, 0) is 18.9 Å². The summed E-state index contributed by atoms with van der Waals surface area (Å²) in [5, 5.41) is 0. The monoisotopic (exact) mass is 115 g/mol. The van der Waals surface area contributed by atoms with Gasteiger partial charge in [0.05, 0.1) is 0 Å². The van der Waals surface area contributed by atoms with Gasteiger partial charge in [0.25, 0.3) is 0 Å². The van der Waals surface area contributed by atoms with E-state index in [1.807, 2.05) is 6.92 Å². The standard InChI is InChI=1S/C6H13NO/c1-4-6(2)5-8-7-3/h5,7H,4H2,1-3H3/b6-5-. The van der Waals surface area contributed by atoms with Gasteiger partial charge in [-0.25, -0.2) is 0 Å². The second-order valence-electron chi connectivity index (χ2n) is 1.64. The minimum atomic E-state index is 1.04. The van der Waals surface area contributed by atoms with Gasteiger partial charge in [-0.15, -0.1) is 0 Å². The molecule has 48 valence electrons. The van der Waals surface area contributed by atoms with Crippen LogP contribution in [-0.4, -0.2) is 7.05 Å². The Balaban J connectivity index is 3.26. The second-order valence-corrected chi connectivity index (χ2v) is 1.64. The van der Waals surface area contributed by atoms with Crippen molar-refractivity contribution in [3.05, 3.63) is 11.8 Å². The molecular weight excluding hydrogens is 102 g/mol. The van der Waals surface area contributed by atoms with Crippen molar-refractivity contribution in [3.8, 4) is 0 Å². The highest BCUT2D eigenvalue weighted by Crippen LogP contribution is 1.95. The molecule has 0 aliphatic carbocycles. The maximum Gasteiger partial charge on any atom is 0.110 e. The van der Waals surface area contributed by atoms with Gasteiger partial charge in [0.2, 0.25) is 0 Å². The van der Waals surface area contributed by atoms with Crippen LogP contribution in [0.1, 0.15) is 20.3 Å². The van der Waals surface area contributed by atoms with Gasteiger partial charge < -0.3 is 4.84 Å². The van der Waals surface area contributed by atoms with Crippen molar-refractivity contribution in [1.82, 2.24) is 5.48 Å². The summed E-state index contributed by atoms with van der Waals surface area (Å²) in [6, 6.07) is 0. The summed E-state index contributed by atoms with van der Waals surface area (Å²) in [4.78, 5) is 4.77. The molecule has 0 saturated heterocycles. The molecule has 0 unspecified atom stereocenters. The van der Waals surface area contributed by atoms with Crippen LogP contribution in [0.2, 0.25) is 0 Å². The molecule has 0 rings (SSSR count). The van der Waals surface area contributed by atoms with Crippen LogP contribution in [0, 0.1) is 0 Å². The number of rotatable bonds is 3. The first-order valence-corrected chi connectivity index (χ1v) is 2.79. The number of hydroxylamine groups is 1. The Morgan fingerprint density at radius 3 is 2.75 bits per heavy atom. The van der Waals surface area contributed by atoms with Crippen molar-refractivity contribution >= 4 is 0 Å². The largest absolute Gasteiger partial charge is 0.417 e. The van der Waals surface area contributed by atoms with Crippen LogP contribution < -0.4 is 5.48 Å². The van der Waals surface area contributed by atoms with Crippen molar-refractivity contribution in [2.45, 2.75) is 20.3 Å². The predicted molar refractivity (Wildman–Crippen MR) is 34.2 cm³/mol. The SMILES string of the molecule is CC/C(C)=C\ONC. The molecule has 8 heavy (non-hydrogen) atoms. The first-order chi connectivity index (χ1) is 3.81. The Bertz CT molecular complexity index is 78.6. The third-order valence-corrected chi connectivity index (χ3v) is 0.936. The van der Waals surface area contributed by atoms with E-state index in [-0.39, 0.29) is 0 Å². The van der Waals surface area contributed by atoms with Crippen LogP contribution in [0.4, 0.5) is 0 Å². The van der Waals surface area contributed by atoms with Crippen LogP contribution >= 0.6 is 0 Å². The molecule has 2 nitrogen and oxygen atoms in total. The molecule has 0 heterocycles. The van der Waals surface area contributed by atoms with Gasteiger partial charge in [-0.3, -0.25) is 0 Å². The Morgan fingerprint density at radius 2 is 2.38 bits per heavy atom. The first kappa shape index (κ1) is 7.50. The summed E-state index contributed by atoms with van der Waals surface area (Å²) in [7, 11) is 1.74. The highest BCUT2D eigenvalue weighted by atomic mass is 16.6. The average Bonchev–Trinajstić information content (AvgIpc) is 1.83. The van der Waals surface area contributed by atoms with Crippen LogP contribution in [0.25, 0.3) is 0 Å². The molecule has 0 aromatic heterocycles. The van der Waals surface area contributed by atoms with E-state index in [1.54, 1.807) is 13.3 Å². The van der Waals surface area contributed by atoms with E-state index in [0.717, 1.165) is 6.42 Å². The maximum absolute atomic E-state index is 4.77. The van der Waals surface area contributed by atoms with E-state index in [1.165, 1.54) is 5.57 Å². The fraction of sp³-hybridized carbons (Fsp3) is 0.667. The molecule has 0 amide bonds. The molecule has 1 N–H and O–H groups in total. The predicted octanol–water partition coefficient (Wildman–Crippen LogP) is 1.45. The van der Waals surface area contributed by atoms with E-state index in [0.29, 0.717) is 0 Å². The lowest BCUT2D eigenvalue weighted by Gasteiger charge is -1.95. The maximum atomic E-state index is 4.77. The molecule has 0 aliphatic rings. The van der Waals surface area contributed by atoms with Crippen LogP contribution in [0.3, 0.4) is 0 Å². The quantitative estimate of drug-likeness (QED) is 0.444. The zero-order valence-electron chi connectivity index (χ0n) is 5.69. The Kier molecular flexibility index (Phi) is 4.36. The van der Waals surface area contributed by atoms with Gasteiger partial charge in [0.1, 0.15) is 6.26 Å². The van der Waals surface area contributed by atoms with Crippen molar-refractivity contribution in [3.63, 3.8) is 0 Å². The molecule has 0 fully saturated rings. The third kappa shape index (κ3) is 3.68. The Morgan fingerprint density at radius 1 is 1.75 bits per heavy atom. The van der Waals surface area contributed by atoms with Crippen LogP contribution in [0.5, 0.6) is 0 Å². The normalized spacial score (nSPS) is 11.6. The van der Waals surface area contributed by atoms with Gasteiger partial charge in [-0.1, -0.05) is 6.92 Å². The van der Waals surface area contributed by atoms with Crippen LogP contribution in [-0.2, 0) is 4.84 Å². The molecule has 2 heteroatoms. The second kappa shape index (κ2) is 4.65. The molecular formula is C6H13NO. The number of hydrogen-bond donors (Lipinski definition) is 1. The van der Waals surface area contributed by atoms with Gasteiger partial charge in [0, 0.05) is 7.05 Å². The number of allylic oxidation sites excluding steroid dienone is 1. The zero-order valence-corrected chi connectivity index (χ0v) is 5.69. The smallest absolute Gasteiger partial charge is 0.110 e.